The molecule has 0 nitrogen and oxygen atoms in total. The van der Waals surface area contributed by atoms with E-state index in [1.807, 2.05) is 45.3 Å². The first-order valence-corrected chi connectivity index (χ1v) is 15.9. The zero-order valence-corrected chi connectivity index (χ0v) is 23.3. The van der Waals surface area contributed by atoms with Crippen LogP contribution in [0.15, 0.2) is 109 Å². The van der Waals surface area contributed by atoms with Crippen molar-refractivity contribution < 1.29 is 0 Å². The molecule has 0 amide bonds. The van der Waals surface area contributed by atoms with Crippen molar-refractivity contribution in [1.82, 2.24) is 0 Å². The summed E-state index contributed by atoms with van der Waals surface area (Å²) in [5.41, 5.74) is 2.59. The van der Waals surface area contributed by atoms with Crippen LogP contribution in [0.1, 0.15) is 0 Å². The first kappa shape index (κ1) is 21.4. The van der Waals surface area contributed by atoms with Crippen LogP contribution in [0.5, 0.6) is 0 Å². The Balaban J connectivity index is 1.43. The molecular weight excluding hydrogens is 537 g/mol. The number of thiophene rings is 4. The molecule has 0 unspecified atom stereocenters. The normalized spacial score (nSPS) is 12.2. The van der Waals surface area contributed by atoms with Gasteiger partial charge in [-0.05, 0) is 59.7 Å². The molecule has 0 atom stereocenters. The lowest BCUT2D eigenvalue weighted by molar-refractivity contribution is 1.70. The van der Waals surface area contributed by atoms with Crippen molar-refractivity contribution in [3.8, 4) is 20.9 Å². The summed E-state index contributed by atoms with van der Waals surface area (Å²) in [7, 11) is 0. The number of fused-ring (bicyclic) bond motifs is 11. The van der Waals surface area contributed by atoms with E-state index in [1.54, 1.807) is 0 Å². The van der Waals surface area contributed by atoms with Crippen molar-refractivity contribution in [2.45, 2.75) is 0 Å². The maximum atomic E-state index is 2.42. The molecule has 0 aliphatic carbocycles. The summed E-state index contributed by atoms with van der Waals surface area (Å²) >= 11 is 7.66. The van der Waals surface area contributed by atoms with Crippen LogP contribution in [0.4, 0.5) is 0 Å². The van der Waals surface area contributed by atoms with Crippen molar-refractivity contribution in [3.05, 3.63) is 109 Å². The maximum Gasteiger partial charge on any atom is 0.0362 e. The Labute approximate surface area is 234 Å². The molecule has 0 radical (unpaired) electrons. The van der Waals surface area contributed by atoms with Crippen LogP contribution < -0.4 is 0 Å². The predicted octanol–water partition coefficient (Wildman–Crippen LogP) is 12.2. The molecule has 178 valence electrons. The highest BCUT2D eigenvalue weighted by atomic mass is 32.1. The fourth-order valence-electron chi connectivity index (χ4n) is 5.83. The minimum absolute atomic E-state index is 1.29. The van der Waals surface area contributed by atoms with E-state index in [0.717, 1.165) is 0 Å². The second-order valence-electron chi connectivity index (χ2n) is 9.67. The van der Waals surface area contributed by atoms with Gasteiger partial charge in [0.05, 0.1) is 0 Å². The number of hydrogen-bond acceptors (Lipinski definition) is 4. The number of rotatable bonds is 2. The van der Waals surface area contributed by atoms with Gasteiger partial charge in [-0.25, -0.2) is 0 Å². The lowest BCUT2D eigenvalue weighted by atomic mass is 10.0. The first-order valence-electron chi connectivity index (χ1n) is 12.6. The van der Waals surface area contributed by atoms with Crippen molar-refractivity contribution >= 4 is 106 Å². The van der Waals surface area contributed by atoms with Gasteiger partial charge in [-0.2, -0.15) is 0 Å². The van der Waals surface area contributed by atoms with Crippen LogP contribution in [0.3, 0.4) is 0 Å². The zero-order valence-electron chi connectivity index (χ0n) is 20.0. The van der Waals surface area contributed by atoms with E-state index >= 15 is 0 Å². The Morgan fingerprint density at radius 2 is 0.684 bits per heavy atom. The molecule has 4 heterocycles. The molecule has 0 aliphatic heterocycles. The standard InChI is InChI=1S/C34H18S4/c1-3-7-19(8-4-1)29-17-21-23(35-29)11-13-25-31(21)33-27(37-25)15-16-28-34(33)32-22-18-30(20-9-5-2-6-10-20)36-24(22)12-14-26(32)38-28/h1-18H. The van der Waals surface area contributed by atoms with Crippen LogP contribution in [-0.2, 0) is 0 Å². The lowest BCUT2D eigenvalue weighted by Gasteiger charge is -2.00. The van der Waals surface area contributed by atoms with Crippen LogP contribution in [-0.4, -0.2) is 0 Å². The highest BCUT2D eigenvalue weighted by Gasteiger charge is 2.19. The van der Waals surface area contributed by atoms with Gasteiger partial charge in [0.25, 0.3) is 0 Å². The van der Waals surface area contributed by atoms with Crippen LogP contribution in [0.25, 0.3) is 81.4 Å². The second kappa shape index (κ2) is 7.98. The van der Waals surface area contributed by atoms with E-state index in [2.05, 4.69) is 109 Å². The van der Waals surface area contributed by atoms with Crippen molar-refractivity contribution in [2.24, 2.45) is 0 Å². The highest BCUT2D eigenvalue weighted by Crippen LogP contribution is 2.50. The summed E-state index contributed by atoms with van der Waals surface area (Å²) < 4.78 is 8.23. The van der Waals surface area contributed by atoms with Gasteiger partial charge in [0.1, 0.15) is 0 Å². The molecule has 0 aliphatic rings. The fraction of sp³-hybridized carbons (Fsp3) is 0. The fourth-order valence-corrected chi connectivity index (χ4v) is 10.2. The average Bonchev–Trinajstić information content (AvgIpc) is 3.74. The van der Waals surface area contributed by atoms with E-state index in [1.165, 1.54) is 81.4 Å². The molecule has 4 aromatic heterocycles. The van der Waals surface area contributed by atoms with Crippen LogP contribution >= 0.6 is 45.3 Å². The minimum Gasteiger partial charge on any atom is -0.135 e. The van der Waals surface area contributed by atoms with Gasteiger partial charge >= 0.3 is 0 Å². The summed E-state index contributed by atoms with van der Waals surface area (Å²) in [4.78, 5) is 2.67. The third kappa shape index (κ3) is 3.00. The van der Waals surface area contributed by atoms with E-state index in [0.29, 0.717) is 0 Å². The van der Waals surface area contributed by atoms with E-state index < -0.39 is 0 Å². The molecule has 4 heteroatoms. The molecular formula is C34H18S4. The molecule has 0 fully saturated rings. The van der Waals surface area contributed by atoms with Gasteiger partial charge in [-0.1, -0.05) is 60.7 Å². The van der Waals surface area contributed by atoms with Gasteiger partial charge in [0, 0.05) is 70.3 Å². The van der Waals surface area contributed by atoms with Gasteiger partial charge in [-0.15, -0.1) is 45.3 Å². The van der Waals surface area contributed by atoms with Gasteiger partial charge in [0.2, 0.25) is 0 Å². The smallest absolute Gasteiger partial charge is 0.0362 e. The maximum absolute atomic E-state index is 2.42. The number of benzene rings is 5. The van der Waals surface area contributed by atoms with Gasteiger partial charge in [-0.3, -0.25) is 0 Å². The summed E-state index contributed by atoms with van der Waals surface area (Å²) in [6.07, 6.45) is 0. The average molecular weight is 555 g/mol. The van der Waals surface area contributed by atoms with Crippen LogP contribution in [0.2, 0.25) is 0 Å². The third-order valence-electron chi connectivity index (χ3n) is 7.51. The summed E-state index contributed by atoms with van der Waals surface area (Å²) in [6.45, 7) is 0. The molecule has 0 saturated carbocycles. The predicted molar refractivity (Wildman–Crippen MR) is 174 cm³/mol. The largest absolute Gasteiger partial charge is 0.135 e. The third-order valence-corrected chi connectivity index (χ3v) is 12.0. The zero-order chi connectivity index (χ0) is 24.8. The Morgan fingerprint density at radius 1 is 0.316 bits per heavy atom. The number of hydrogen-bond donors (Lipinski definition) is 0. The first-order chi connectivity index (χ1) is 18.8. The molecule has 0 saturated heterocycles. The van der Waals surface area contributed by atoms with E-state index in [-0.39, 0.29) is 0 Å². The van der Waals surface area contributed by atoms with Gasteiger partial charge in [0.15, 0.2) is 0 Å². The minimum atomic E-state index is 1.29. The van der Waals surface area contributed by atoms with E-state index in [4.69, 9.17) is 0 Å². The van der Waals surface area contributed by atoms with Crippen molar-refractivity contribution in [1.29, 1.82) is 0 Å². The van der Waals surface area contributed by atoms with Crippen molar-refractivity contribution in [2.75, 3.05) is 0 Å². The SMILES string of the molecule is c1ccc(-c2cc3c(ccc4sc5ccc6sc7ccc8sc(-c9ccccc9)cc8c7c6c5c43)s2)cc1. The monoisotopic (exact) mass is 554 g/mol. The molecule has 0 N–H and O–H groups in total. The van der Waals surface area contributed by atoms with Crippen LogP contribution in [0, 0.1) is 0 Å². The Morgan fingerprint density at radius 3 is 1.11 bits per heavy atom. The summed E-state index contributed by atoms with van der Waals surface area (Å²) in [5.74, 6) is 0. The quantitative estimate of drug-likeness (QED) is 0.199. The molecule has 0 bridgehead atoms. The molecule has 9 aromatic rings. The topological polar surface area (TPSA) is 0 Å². The van der Waals surface area contributed by atoms with Crippen molar-refractivity contribution in [3.63, 3.8) is 0 Å². The Hall–Kier alpha value is -3.54. The molecule has 5 aromatic carbocycles. The highest BCUT2D eigenvalue weighted by molar-refractivity contribution is 7.29. The van der Waals surface area contributed by atoms with E-state index in [9.17, 15) is 0 Å². The molecule has 38 heavy (non-hydrogen) atoms. The summed E-state index contributed by atoms with van der Waals surface area (Å²) in [5, 5.41) is 8.45. The second-order valence-corrected chi connectivity index (χ2v) is 14.0. The lowest BCUT2D eigenvalue weighted by Crippen LogP contribution is -1.73. The Kier molecular flexibility index (Phi) is 4.49. The van der Waals surface area contributed by atoms with Gasteiger partial charge < -0.3 is 0 Å². The molecule has 0 spiro atoms. The molecule has 9 rings (SSSR count). The summed E-state index contributed by atoms with van der Waals surface area (Å²) in [6, 6.07) is 40.4. The Bertz CT molecular complexity index is 2160.